The second kappa shape index (κ2) is 3.42. The Morgan fingerprint density at radius 2 is 1.67 bits per heavy atom. The Hall–Kier alpha value is -1.78. The van der Waals surface area contributed by atoms with Gasteiger partial charge in [0.15, 0.2) is 5.65 Å². The first kappa shape index (κ1) is 9.76. The fraction of sp³-hybridized carbons (Fsp3) is 0.400. The van der Waals surface area contributed by atoms with E-state index in [1.54, 1.807) is 6.20 Å². The highest BCUT2D eigenvalue weighted by molar-refractivity contribution is 5.70. The van der Waals surface area contributed by atoms with Gasteiger partial charge in [0, 0.05) is 14.1 Å². The van der Waals surface area contributed by atoms with Crippen molar-refractivity contribution in [3.63, 3.8) is 0 Å². The van der Waals surface area contributed by atoms with Gasteiger partial charge in [-0.15, -0.1) is 0 Å². The molecule has 5 heteroatoms. The molecule has 0 amide bonds. The molecule has 0 aromatic carbocycles. The number of hydrogen-bond acceptors (Lipinski definition) is 5. The number of nitrogens with zero attached hydrogens (tertiary/aromatic N) is 5. The summed E-state index contributed by atoms with van der Waals surface area (Å²) in [6, 6.07) is 0. The number of fused-ring (bicyclic) bond motifs is 1. The van der Waals surface area contributed by atoms with Crippen molar-refractivity contribution >= 4 is 17.1 Å². The van der Waals surface area contributed by atoms with Crippen LogP contribution in [0, 0.1) is 13.8 Å². The zero-order chi connectivity index (χ0) is 11.0. The molecule has 0 saturated heterocycles. The molecule has 5 nitrogen and oxygen atoms in total. The minimum Gasteiger partial charge on any atom is -0.347 e. The number of anilines is 1. The molecule has 0 bridgehead atoms. The molecule has 0 aliphatic rings. The highest BCUT2D eigenvalue weighted by Crippen LogP contribution is 2.11. The molecule has 78 valence electrons. The molecule has 2 aromatic rings. The summed E-state index contributed by atoms with van der Waals surface area (Å²) in [5, 5.41) is 0. The van der Waals surface area contributed by atoms with E-state index in [1.807, 2.05) is 32.8 Å². The first-order chi connectivity index (χ1) is 7.08. The van der Waals surface area contributed by atoms with Crippen LogP contribution in [-0.4, -0.2) is 34.0 Å². The molecule has 2 aromatic heterocycles. The third-order valence-corrected chi connectivity index (χ3v) is 2.22. The highest BCUT2D eigenvalue weighted by atomic mass is 15.2. The molecular weight excluding hydrogens is 190 g/mol. The van der Waals surface area contributed by atoms with E-state index in [2.05, 4.69) is 19.9 Å². The van der Waals surface area contributed by atoms with Gasteiger partial charge in [-0.3, -0.25) is 0 Å². The van der Waals surface area contributed by atoms with Crippen molar-refractivity contribution in [3.05, 3.63) is 17.6 Å². The smallest absolute Gasteiger partial charge is 0.226 e. The van der Waals surface area contributed by atoms with Crippen molar-refractivity contribution in [2.24, 2.45) is 0 Å². The van der Waals surface area contributed by atoms with Gasteiger partial charge in [0.25, 0.3) is 0 Å². The Balaban J connectivity index is 2.66. The van der Waals surface area contributed by atoms with Crippen LogP contribution in [-0.2, 0) is 0 Å². The van der Waals surface area contributed by atoms with Crippen molar-refractivity contribution in [2.45, 2.75) is 13.8 Å². The molecular formula is C10H13N5. The van der Waals surface area contributed by atoms with Gasteiger partial charge in [-0.1, -0.05) is 0 Å². The largest absolute Gasteiger partial charge is 0.347 e. The fourth-order valence-corrected chi connectivity index (χ4v) is 1.24. The highest BCUT2D eigenvalue weighted by Gasteiger charge is 2.05. The van der Waals surface area contributed by atoms with E-state index in [0.717, 1.165) is 16.9 Å². The lowest BCUT2D eigenvalue weighted by molar-refractivity contribution is 0.990. The van der Waals surface area contributed by atoms with E-state index < -0.39 is 0 Å². The maximum absolute atomic E-state index is 4.38. The predicted molar refractivity (Wildman–Crippen MR) is 58.9 cm³/mol. The van der Waals surface area contributed by atoms with Gasteiger partial charge in [-0.05, 0) is 13.8 Å². The Kier molecular flexibility index (Phi) is 2.22. The molecule has 2 heterocycles. The third-order valence-electron chi connectivity index (χ3n) is 2.22. The lowest BCUT2D eigenvalue weighted by Gasteiger charge is -2.09. The second-order valence-electron chi connectivity index (χ2n) is 3.67. The summed E-state index contributed by atoms with van der Waals surface area (Å²) in [7, 11) is 3.80. The first-order valence-electron chi connectivity index (χ1n) is 4.73. The molecule has 0 aliphatic carbocycles. The van der Waals surface area contributed by atoms with E-state index in [1.165, 1.54) is 0 Å². The summed E-state index contributed by atoms with van der Waals surface area (Å²) in [5.41, 5.74) is 3.22. The standard InChI is InChI=1S/C10H13N5/c1-6-7(2)13-9-8(12-6)5-11-10(14-9)15(3)4/h5H,1-4H3. The van der Waals surface area contributed by atoms with Gasteiger partial charge in [0.05, 0.1) is 17.6 Å². The lowest BCUT2D eigenvalue weighted by atomic mass is 10.3. The van der Waals surface area contributed by atoms with Crippen LogP contribution in [0.15, 0.2) is 6.20 Å². The monoisotopic (exact) mass is 203 g/mol. The third kappa shape index (κ3) is 1.72. The molecule has 0 unspecified atom stereocenters. The molecule has 0 aliphatic heterocycles. The van der Waals surface area contributed by atoms with Gasteiger partial charge in [0.1, 0.15) is 5.52 Å². The van der Waals surface area contributed by atoms with Crippen LogP contribution in [0.25, 0.3) is 11.2 Å². The molecule has 0 saturated carbocycles. The van der Waals surface area contributed by atoms with Gasteiger partial charge >= 0.3 is 0 Å². The van der Waals surface area contributed by atoms with Crippen molar-refractivity contribution in [1.82, 2.24) is 19.9 Å². The minimum atomic E-state index is 0.650. The van der Waals surface area contributed by atoms with Gasteiger partial charge in [-0.2, -0.15) is 4.98 Å². The number of aryl methyl sites for hydroxylation is 2. The Morgan fingerprint density at radius 3 is 2.33 bits per heavy atom. The predicted octanol–water partition coefficient (Wildman–Crippen LogP) is 1.10. The second-order valence-corrected chi connectivity index (χ2v) is 3.67. The molecule has 0 fully saturated rings. The molecule has 0 radical (unpaired) electrons. The van der Waals surface area contributed by atoms with Crippen molar-refractivity contribution in [3.8, 4) is 0 Å². The topological polar surface area (TPSA) is 54.8 Å². The Labute approximate surface area is 88.2 Å². The molecule has 15 heavy (non-hydrogen) atoms. The Morgan fingerprint density at radius 1 is 1.00 bits per heavy atom. The van der Waals surface area contributed by atoms with E-state index in [0.29, 0.717) is 11.6 Å². The normalized spacial score (nSPS) is 10.7. The maximum atomic E-state index is 4.38. The molecule has 2 rings (SSSR count). The molecule has 0 atom stereocenters. The zero-order valence-corrected chi connectivity index (χ0v) is 9.31. The first-order valence-corrected chi connectivity index (χ1v) is 4.73. The van der Waals surface area contributed by atoms with Crippen LogP contribution in [0.5, 0.6) is 0 Å². The maximum Gasteiger partial charge on any atom is 0.226 e. The summed E-state index contributed by atoms with van der Waals surface area (Å²) in [6.07, 6.45) is 1.71. The zero-order valence-electron chi connectivity index (χ0n) is 9.31. The average molecular weight is 203 g/mol. The molecule has 0 N–H and O–H groups in total. The van der Waals surface area contributed by atoms with E-state index in [4.69, 9.17) is 0 Å². The van der Waals surface area contributed by atoms with E-state index in [-0.39, 0.29) is 0 Å². The summed E-state index contributed by atoms with van der Waals surface area (Å²) < 4.78 is 0. The van der Waals surface area contributed by atoms with Crippen LogP contribution in [0.3, 0.4) is 0 Å². The number of hydrogen-bond donors (Lipinski definition) is 0. The summed E-state index contributed by atoms with van der Waals surface area (Å²) in [4.78, 5) is 19.1. The van der Waals surface area contributed by atoms with Crippen molar-refractivity contribution in [1.29, 1.82) is 0 Å². The summed E-state index contributed by atoms with van der Waals surface area (Å²) in [5.74, 6) is 0.653. The van der Waals surface area contributed by atoms with Crippen LogP contribution < -0.4 is 4.90 Å². The van der Waals surface area contributed by atoms with Crippen LogP contribution >= 0.6 is 0 Å². The van der Waals surface area contributed by atoms with Crippen molar-refractivity contribution in [2.75, 3.05) is 19.0 Å². The van der Waals surface area contributed by atoms with E-state index in [9.17, 15) is 0 Å². The van der Waals surface area contributed by atoms with Gasteiger partial charge in [0.2, 0.25) is 5.95 Å². The summed E-state index contributed by atoms with van der Waals surface area (Å²) in [6.45, 7) is 3.86. The lowest BCUT2D eigenvalue weighted by Crippen LogP contribution is -2.13. The number of rotatable bonds is 1. The Bertz CT molecular complexity index is 506. The van der Waals surface area contributed by atoms with Crippen LogP contribution in [0.1, 0.15) is 11.4 Å². The SMILES string of the molecule is Cc1nc2cnc(N(C)C)nc2nc1C. The van der Waals surface area contributed by atoms with E-state index >= 15 is 0 Å². The molecule has 0 spiro atoms. The average Bonchev–Trinajstić information content (AvgIpc) is 2.19. The van der Waals surface area contributed by atoms with Crippen LogP contribution in [0.4, 0.5) is 5.95 Å². The van der Waals surface area contributed by atoms with Crippen molar-refractivity contribution < 1.29 is 0 Å². The fourth-order valence-electron chi connectivity index (χ4n) is 1.24. The quantitative estimate of drug-likeness (QED) is 0.694. The van der Waals surface area contributed by atoms with Gasteiger partial charge in [-0.25, -0.2) is 15.0 Å². The van der Waals surface area contributed by atoms with Crippen LogP contribution in [0.2, 0.25) is 0 Å². The summed E-state index contributed by atoms with van der Waals surface area (Å²) >= 11 is 0. The van der Waals surface area contributed by atoms with Gasteiger partial charge < -0.3 is 4.90 Å². The number of aromatic nitrogens is 4. The minimum absolute atomic E-state index is 0.650.